The van der Waals surface area contributed by atoms with Gasteiger partial charge in [0.15, 0.2) is 5.16 Å². The van der Waals surface area contributed by atoms with Gasteiger partial charge in [0, 0.05) is 0 Å². The molecule has 25 heavy (non-hydrogen) atoms. The summed E-state index contributed by atoms with van der Waals surface area (Å²) in [6.45, 7) is 4.18. The molecule has 2 aromatic carbocycles. The van der Waals surface area contributed by atoms with Gasteiger partial charge in [-0.15, -0.1) is 10.2 Å². The predicted molar refractivity (Wildman–Crippen MR) is 97.8 cm³/mol. The Balaban J connectivity index is 1.95. The molecule has 0 radical (unpaired) electrons. The van der Waals surface area contributed by atoms with Crippen LogP contribution >= 0.6 is 11.8 Å². The summed E-state index contributed by atoms with van der Waals surface area (Å²) < 4.78 is 7.16. The van der Waals surface area contributed by atoms with E-state index in [4.69, 9.17) is 4.74 Å². The van der Waals surface area contributed by atoms with Crippen molar-refractivity contribution in [2.75, 3.05) is 6.61 Å². The Labute approximate surface area is 151 Å². The maximum atomic E-state index is 12.5. The molecule has 0 saturated carbocycles. The van der Waals surface area contributed by atoms with Gasteiger partial charge >= 0.3 is 5.97 Å². The van der Waals surface area contributed by atoms with Crippen LogP contribution in [0, 0.1) is 6.92 Å². The van der Waals surface area contributed by atoms with Crippen LogP contribution in [0.4, 0.5) is 0 Å². The third kappa shape index (κ3) is 3.91. The van der Waals surface area contributed by atoms with E-state index in [-0.39, 0.29) is 5.97 Å². The van der Waals surface area contributed by atoms with Crippen LogP contribution in [-0.4, -0.2) is 27.3 Å². The number of ether oxygens (including phenoxy) is 1. The van der Waals surface area contributed by atoms with Gasteiger partial charge in [0.1, 0.15) is 11.6 Å². The van der Waals surface area contributed by atoms with Crippen molar-refractivity contribution in [3.05, 3.63) is 72.1 Å². The van der Waals surface area contributed by atoms with E-state index < -0.39 is 5.25 Å². The molecule has 0 aliphatic rings. The molecular formula is C19H19N3O2S. The second-order valence-electron chi connectivity index (χ2n) is 5.43. The molecule has 1 heterocycles. The minimum Gasteiger partial charge on any atom is -0.465 e. The van der Waals surface area contributed by atoms with Gasteiger partial charge in [-0.25, -0.2) is 0 Å². The van der Waals surface area contributed by atoms with Crippen LogP contribution in [0.1, 0.15) is 23.3 Å². The van der Waals surface area contributed by atoms with E-state index in [0.29, 0.717) is 11.8 Å². The smallest absolute Gasteiger partial charge is 0.324 e. The molecule has 128 valence electrons. The van der Waals surface area contributed by atoms with Crippen LogP contribution in [0.3, 0.4) is 0 Å². The van der Waals surface area contributed by atoms with Crippen molar-refractivity contribution in [3.8, 4) is 5.69 Å². The molecule has 3 rings (SSSR count). The number of hydrogen-bond donors (Lipinski definition) is 0. The lowest BCUT2D eigenvalue weighted by atomic mass is 10.1. The number of esters is 1. The highest BCUT2D eigenvalue weighted by atomic mass is 32.2. The number of carbonyl (C=O) groups excluding carboxylic acids is 1. The van der Waals surface area contributed by atoms with Crippen LogP contribution in [-0.2, 0) is 9.53 Å². The Morgan fingerprint density at radius 1 is 1.16 bits per heavy atom. The van der Waals surface area contributed by atoms with Gasteiger partial charge in [-0.3, -0.25) is 9.36 Å². The lowest BCUT2D eigenvalue weighted by Crippen LogP contribution is -2.14. The highest BCUT2D eigenvalue weighted by Crippen LogP contribution is 2.36. The average molecular weight is 353 g/mol. The first-order valence-electron chi connectivity index (χ1n) is 8.05. The minimum atomic E-state index is -0.492. The van der Waals surface area contributed by atoms with Crippen LogP contribution < -0.4 is 0 Å². The average Bonchev–Trinajstić information content (AvgIpc) is 3.09. The van der Waals surface area contributed by atoms with E-state index in [1.165, 1.54) is 11.8 Å². The van der Waals surface area contributed by atoms with Crippen molar-refractivity contribution in [1.29, 1.82) is 0 Å². The molecule has 0 spiro atoms. The molecule has 1 aromatic heterocycles. The minimum absolute atomic E-state index is 0.280. The quantitative estimate of drug-likeness (QED) is 0.496. The molecule has 0 bridgehead atoms. The normalized spacial score (nSPS) is 11.9. The Bertz CT molecular complexity index is 849. The summed E-state index contributed by atoms with van der Waals surface area (Å²) in [5.74, 6) is -0.280. The number of hydrogen-bond acceptors (Lipinski definition) is 5. The molecule has 1 atom stereocenters. The second-order valence-corrected chi connectivity index (χ2v) is 6.50. The van der Waals surface area contributed by atoms with Crippen LogP contribution in [0.2, 0.25) is 0 Å². The first-order valence-corrected chi connectivity index (χ1v) is 8.93. The topological polar surface area (TPSA) is 57.0 Å². The summed E-state index contributed by atoms with van der Waals surface area (Å²) >= 11 is 1.34. The number of thioether (sulfide) groups is 1. The first-order chi connectivity index (χ1) is 12.2. The summed E-state index contributed by atoms with van der Waals surface area (Å²) in [4.78, 5) is 12.5. The van der Waals surface area contributed by atoms with Gasteiger partial charge in [-0.2, -0.15) is 0 Å². The Morgan fingerprint density at radius 2 is 1.88 bits per heavy atom. The van der Waals surface area contributed by atoms with E-state index in [1.807, 2.05) is 66.1 Å². The van der Waals surface area contributed by atoms with E-state index in [9.17, 15) is 4.79 Å². The lowest BCUT2D eigenvalue weighted by Gasteiger charge is -2.16. The van der Waals surface area contributed by atoms with Gasteiger partial charge in [0.2, 0.25) is 0 Å². The zero-order valence-electron chi connectivity index (χ0n) is 14.1. The van der Waals surface area contributed by atoms with Crippen LogP contribution in [0.5, 0.6) is 0 Å². The lowest BCUT2D eigenvalue weighted by molar-refractivity contribution is -0.142. The molecule has 3 aromatic rings. The van der Waals surface area contributed by atoms with Crippen molar-refractivity contribution >= 4 is 17.7 Å². The highest BCUT2D eigenvalue weighted by Gasteiger charge is 2.26. The Kier molecular flexibility index (Phi) is 5.50. The largest absolute Gasteiger partial charge is 0.465 e. The molecule has 0 aliphatic heterocycles. The summed E-state index contributed by atoms with van der Waals surface area (Å²) in [7, 11) is 0. The van der Waals surface area contributed by atoms with E-state index >= 15 is 0 Å². The third-order valence-corrected chi connectivity index (χ3v) is 4.91. The van der Waals surface area contributed by atoms with E-state index in [0.717, 1.165) is 16.8 Å². The third-order valence-electron chi connectivity index (χ3n) is 3.72. The summed E-state index contributed by atoms with van der Waals surface area (Å²) in [6.07, 6.45) is 1.66. The number of aryl methyl sites for hydroxylation is 1. The second kappa shape index (κ2) is 7.98. The number of rotatable bonds is 6. The van der Waals surface area contributed by atoms with Crippen molar-refractivity contribution in [2.45, 2.75) is 24.3 Å². The zero-order chi connectivity index (χ0) is 17.6. The SMILES string of the molecule is CCOC(=O)[C@H](Sc1nncn1-c1ccccc1C)c1ccccc1. The molecule has 6 heteroatoms. The van der Waals surface area contributed by atoms with Gasteiger partial charge in [-0.1, -0.05) is 60.3 Å². The standard InChI is InChI=1S/C19H19N3O2S/c1-3-24-18(23)17(15-10-5-4-6-11-15)25-19-21-20-13-22(19)16-12-8-7-9-14(16)2/h4-13,17H,3H2,1-2H3/t17-/m1/s1. The number of aromatic nitrogens is 3. The zero-order valence-corrected chi connectivity index (χ0v) is 14.9. The first kappa shape index (κ1) is 17.2. The molecule has 0 amide bonds. The van der Waals surface area contributed by atoms with E-state index in [2.05, 4.69) is 10.2 Å². The van der Waals surface area contributed by atoms with Crippen molar-refractivity contribution < 1.29 is 9.53 Å². The predicted octanol–water partition coefficient (Wildman–Crippen LogP) is 3.97. The van der Waals surface area contributed by atoms with E-state index in [1.54, 1.807) is 13.3 Å². The summed E-state index contributed by atoms with van der Waals surface area (Å²) in [5, 5.41) is 8.40. The highest BCUT2D eigenvalue weighted by molar-refractivity contribution is 8.00. The molecule has 0 N–H and O–H groups in total. The van der Waals surface area contributed by atoms with Crippen LogP contribution in [0.25, 0.3) is 5.69 Å². The molecule has 0 aliphatic carbocycles. The Morgan fingerprint density at radius 3 is 2.60 bits per heavy atom. The molecule has 5 nitrogen and oxygen atoms in total. The van der Waals surface area contributed by atoms with Crippen molar-refractivity contribution in [1.82, 2.24) is 14.8 Å². The summed E-state index contributed by atoms with van der Waals surface area (Å²) in [5.41, 5.74) is 2.98. The fourth-order valence-electron chi connectivity index (χ4n) is 2.51. The van der Waals surface area contributed by atoms with Crippen molar-refractivity contribution in [3.63, 3.8) is 0 Å². The van der Waals surface area contributed by atoms with Gasteiger partial charge in [0.25, 0.3) is 0 Å². The number of nitrogens with zero attached hydrogens (tertiary/aromatic N) is 3. The summed E-state index contributed by atoms with van der Waals surface area (Å²) in [6, 6.07) is 17.6. The fraction of sp³-hybridized carbons (Fsp3) is 0.211. The Hall–Kier alpha value is -2.60. The molecule has 0 fully saturated rings. The maximum Gasteiger partial charge on any atom is 0.324 e. The molecular weight excluding hydrogens is 334 g/mol. The van der Waals surface area contributed by atoms with Gasteiger partial charge in [0.05, 0.1) is 12.3 Å². The number of carbonyl (C=O) groups is 1. The molecule has 0 unspecified atom stereocenters. The van der Waals surface area contributed by atoms with Gasteiger partial charge in [-0.05, 0) is 31.0 Å². The number of para-hydroxylation sites is 1. The van der Waals surface area contributed by atoms with Crippen LogP contribution in [0.15, 0.2) is 66.1 Å². The van der Waals surface area contributed by atoms with Gasteiger partial charge < -0.3 is 4.74 Å². The maximum absolute atomic E-state index is 12.5. The van der Waals surface area contributed by atoms with Crippen molar-refractivity contribution in [2.24, 2.45) is 0 Å². The fourth-order valence-corrected chi connectivity index (χ4v) is 3.53. The monoisotopic (exact) mass is 353 g/mol. The molecule has 0 saturated heterocycles. The number of benzene rings is 2.